The zero-order valence-electron chi connectivity index (χ0n) is 13.5. The van der Waals surface area contributed by atoms with Crippen molar-refractivity contribution >= 4 is 22.6 Å². The lowest BCUT2D eigenvalue weighted by Crippen LogP contribution is -2.30. The van der Waals surface area contributed by atoms with E-state index in [1.54, 1.807) is 13.8 Å². The molecular weight excluding hydrogens is 308 g/mol. The molecule has 0 aliphatic heterocycles. The van der Waals surface area contributed by atoms with Crippen molar-refractivity contribution in [2.24, 2.45) is 12.1 Å². The lowest BCUT2D eigenvalue weighted by Gasteiger charge is -2.08. The van der Waals surface area contributed by atoms with E-state index >= 15 is 0 Å². The van der Waals surface area contributed by atoms with Crippen molar-refractivity contribution < 1.29 is 0 Å². The monoisotopic (exact) mass is 324 g/mol. The smallest absolute Gasteiger partial charge is 0.279 e. The second-order valence-corrected chi connectivity index (χ2v) is 5.32. The van der Waals surface area contributed by atoms with Gasteiger partial charge in [0.2, 0.25) is 0 Å². The molecule has 3 aromatic rings. The highest BCUT2D eigenvalue weighted by molar-refractivity contribution is 5.99. The van der Waals surface area contributed by atoms with Crippen LogP contribution in [0.3, 0.4) is 0 Å². The Hall–Kier alpha value is -3.29. The maximum absolute atomic E-state index is 12.0. The fraction of sp³-hybridized carbons (Fsp3) is 0.188. The second-order valence-electron chi connectivity index (χ2n) is 5.32. The van der Waals surface area contributed by atoms with Crippen molar-refractivity contribution in [2.75, 3.05) is 5.43 Å². The number of para-hydroxylation sites is 1. The number of nitrogens with zero attached hydrogens (tertiary/aromatic N) is 4. The molecule has 3 rings (SSSR count). The van der Waals surface area contributed by atoms with Gasteiger partial charge in [0, 0.05) is 7.05 Å². The summed E-state index contributed by atoms with van der Waals surface area (Å²) in [5.74, 6) is 0. The first kappa shape index (κ1) is 15.6. The molecule has 0 bridgehead atoms. The van der Waals surface area contributed by atoms with E-state index in [1.807, 2.05) is 30.3 Å². The third-order valence-electron chi connectivity index (χ3n) is 3.58. The van der Waals surface area contributed by atoms with Gasteiger partial charge in [-0.3, -0.25) is 19.8 Å². The fourth-order valence-electron chi connectivity index (χ4n) is 2.29. The number of fused-ring (bicyclic) bond motifs is 1. The van der Waals surface area contributed by atoms with Crippen LogP contribution in [-0.4, -0.2) is 25.2 Å². The summed E-state index contributed by atoms with van der Waals surface area (Å²) in [6, 6.07) is 9.48. The number of aromatic nitrogens is 4. The first-order chi connectivity index (χ1) is 11.5. The van der Waals surface area contributed by atoms with Crippen LogP contribution in [0.25, 0.3) is 11.2 Å². The third-order valence-corrected chi connectivity index (χ3v) is 3.58. The number of rotatable bonds is 3. The summed E-state index contributed by atoms with van der Waals surface area (Å²) < 4.78 is 1.26. The second kappa shape index (κ2) is 6.07. The molecule has 0 aliphatic carbocycles. The standard InChI is InChI=1S/C16H16N6O2/c1-9-12(10(2)20-21-11-7-5-4-6-8-11)18-13-14(17-9)22(3)16(24)19-15(13)23/h4-8,21H,1-3H3,(H,19,23,24)/b20-10-. The molecule has 0 spiro atoms. The number of H-pyrrole nitrogens is 1. The Morgan fingerprint density at radius 2 is 1.92 bits per heavy atom. The number of hydrogen-bond acceptors (Lipinski definition) is 6. The van der Waals surface area contributed by atoms with Crippen LogP contribution in [0.15, 0.2) is 45.0 Å². The summed E-state index contributed by atoms with van der Waals surface area (Å²) in [4.78, 5) is 34.6. The molecule has 1 aromatic carbocycles. The van der Waals surface area contributed by atoms with Gasteiger partial charge in [0.15, 0.2) is 11.2 Å². The van der Waals surface area contributed by atoms with Crippen molar-refractivity contribution in [1.82, 2.24) is 19.5 Å². The van der Waals surface area contributed by atoms with Gasteiger partial charge in [-0.25, -0.2) is 14.8 Å². The highest BCUT2D eigenvalue weighted by atomic mass is 16.2. The summed E-state index contributed by atoms with van der Waals surface area (Å²) in [7, 11) is 1.53. The minimum Gasteiger partial charge on any atom is -0.279 e. The third kappa shape index (κ3) is 2.81. The van der Waals surface area contributed by atoms with Gasteiger partial charge in [-0.15, -0.1) is 0 Å². The Morgan fingerprint density at radius 3 is 2.62 bits per heavy atom. The van der Waals surface area contributed by atoms with E-state index < -0.39 is 11.2 Å². The topological polar surface area (TPSA) is 105 Å². The van der Waals surface area contributed by atoms with Crippen LogP contribution in [0.5, 0.6) is 0 Å². The van der Waals surface area contributed by atoms with Crippen molar-refractivity contribution in [3.8, 4) is 0 Å². The average Bonchev–Trinajstić information content (AvgIpc) is 2.58. The minimum atomic E-state index is -0.564. The molecule has 24 heavy (non-hydrogen) atoms. The number of nitrogens with one attached hydrogen (secondary N) is 2. The summed E-state index contributed by atoms with van der Waals surface area (Å²) in [6.07, 6.45) is 0. The first-order valence-electron chi connectivity index (χ1n) is 7.30. The molecule has 0 atom stereocenters. The first-order valence-corrected chi connectivity index (χ1v) is 7.30. The van der Waals surface area contributed by atoms with Crippen molar-refractivity contribution in [2.45, 2.75) is 13.8 Å². The molecule has 8 nitrogen and oxygen atoms in total. The molecule has 0 unspecified atom stereocenters. The minimum absolute atomic E-state index is 0.104. The van der Waals surface area contributed by atoms with Gasteiger partial charge < -0.3 is 0 Å². The Kier molecular flexibility index (Phi) is 3.95. The Bertz CT molecular complexity index is 1050. The molecule has 0 amide bonds. The van der Waals surface area contributed by atoms with Crippen LogP contribution < -0.4 is 16.7 Å². The summed E-state index contributed by atoms with van der Waals surface area (Å²) in [6.45, 7) is 3.53. The van der Waals surface area contributed by atoms with Crippen molar-refractivity contribution in [3.05, 3.63) is 62.6 Å². The van der Waals surface area contributed by atoms with Gasteiger partial charge in [0.25, 0.3) is 5.56 Å². The summed E-state index contributed by atoms with van der Waals surface area (Å²) in [5, 5.41) is 4.29. The van der Waals surface area contributed by atoms with Crippen LogP contribution >= 0.6 is 0 Å². The number of aryl methyl sites for hydroxylation is 2. The Morgan fingerprint density at radius 1 is 1.21 bits per heavy atom. The molecule has 8 heteroatoms. The summed E-state index contributed by atoms with van der Waals surface area (Å²) in [5.41, 5.74) is 4.69. The molecule has 122 valence electrons. The van der Waals surface area contributed by atoms with Crippen LogP contribution in [0.4, 0.5) is 5.69 Å². The van der Waals surface area contributed by atoms with E-state index in [2.05, 4.69) is 25.5 Å². The van der Waals surface area contributed by atoms with Crippen LogP contribution in [0.1, 0.15) is 18.3 Å². The fourth-order valence-corrected chi connectivity index (χ4v) is 2.29. The molecule has 0 saturated carbocycles. The van der Waals surface area contributed by atoms with Gasteiger partial charge in [-0.05, 0) is 26.0 Å². The number of benzene rings is 1. The van der Waals surface area contributed by atoms with E-state index in [-0.39, 0.29) is 11.2 Å². The molecule has 2 N–H and O–H groups in total. The quantitative estimate of drug-likeness (QED) is 0.555. The van der Waals surface area contributed by atoms with Gasteiger partial charge in [0.1, 0.15) is 5.69 Å². The van der Waals surface area contributed by atoms with Crippen LogP contribution in [-0.2, 0) is 7.05 Å². The number of anilines is 1. The molecule has 2 heterocycles. The molecule has 0 saturated heterocycles. The zero-order chi connectivity index (χ0) is 17.3. The normalized spacial score (nSPS) is 11.7. The zero-order valence-corrected chi connectivity index (χ0v) is 13.5. The number of aromatic amines is 1. The van der Waals surface area contributed by atoms with Crippen molar-refractivity contribution in [1.29, 1.82) is 0 Å². The molecular formula is C16H16N6O2. The largest absolute Gasteiger partial charge is 0.329 e. The highest BCUT2D eigenvalue weighted by Gasteiger charge is 2.13. The van der Waals surface area contributed by atoms with E-state index in [4.69, 9.17) is 0 Å². The number of hydrazone groups is 1. The lowest BCUT2D eigenvalue weighted by atomic mass is 10.2. The Labute approximate surface area is 136 Å². The summed E-state index contributed by atoms with van der Waals surface area (Å²) >= 11 is 0. The van der Waals surface area contributed by atoms with Gasteiger partial charge >= 0.3 is 5.69 Å². The number of hydrogen-bond donors (Lipinski definition) is 2. The van der Waals surface area contributed by atoms with Crippen LogP contribution in [0, 0.1) is 6.92 Å². The molecule has 0 radical (unpaired) electrons. The van der Waals surface area contributed by atoms with E-state index in [1.165, 1.54) is 11.6 Å². The van der Waals surface area contributed by atoms with E-state index in [0.717, 1.165) is 5.69 Å². The van der Waals surface area contributed by atoms with Crippen molar-refractivity contribution in [3.63, 3.8) is 0 Å². The average molecular weight is 324 g/mol. The van der Waals surface area contributed by atoms with Gasteiger partial charge in [-0.2, -0.15) is 5.10 Å². The Balaban J connectivity index is 2.08. The molecule has 0 aliphatic rings. The maximum Gasteiger partial charge on any atom is 0.329 e. The van der Waals surface area contributed by atoms with E-state index in [0.29, 0.717) is 17.1 Å². The maximum atomic E-state index is 12.0. The predicted octanol–water partition coefficient (Wildman–Crippen LogP) is 1.16. The molecule has 0 fully saturated rings. The van der Waals surface area contributed by atoms with Gasteiger partial charge in [0.05, 0.1) is 17.1 Å². The van der Waals surface area contributed by atoms with Gasteiger partial charge in [-0.1, -0.05) is 18.2 Å². The highest BCUT2D eigenvalue weighted by Crippen LogP contribution is 2.10. The van der Waals surface area contributed by atoms with Crippen LogP contribution in [0.2, 0.25) is 0 Å². The van der Waals surface area contributed by atoms with E-state index in [9.17, 15) is 9.59 Å². The SMILES string of the molecule is C/C(=N/Nc1ccccc1)c1nc2c(=O)[nH]c(=O)n(C)c2nc1C. The lowest BCUT2D eigenvalue weighted by molar-refractivity contribution is 0.820. The predicted molar refractivity (Wildman–Crippen MR) is 92.4 cm³/mol. The molecule has 2 aromatic heterocycles.